The van der Waals surface area contributed by atoms with Crippen LogP contribution in [-0.2, 0) is 0 Å². The minimum atomic E-state index is -0.365. The minimum absolute atomic E-state index is 0.310. The van der Waals surface area contributed by atoms with E-state index in [9.17, 15) is 9.18 Å². The number of carbonyl (C=O) groups excluding carboxylic acids is 1. The predicted octanol–water partition coefficient (Wildman–Crippen LogP) is 2.70. The van der Waals surface area contributed by atoms with Crippen LogP contribution >= 0.6 is 0 Å². The van der Waals surface area contributed by atoms with Gasteiger partial charge in [-0.2, -0.15) is 0 Å². The standard InChI is InChI=1S/C14H15FN4O/c15-12-9-11(17-14(20)19-8-5-16-10-19)3-4-13(12)18-6-1-2-7-18/h3-5,8-10H,1-2,6-7H2,(H,17,20). The van der Waals surface area contributed by atoms with Gasteiger partial charge in [-0.15, -0.1) is 0 Å². The number of benzene rings is 1. The molecule has 0 atom stereocenters. The van der Waals surface area contributed by atoms with Crippen molar-refractivity contribution in [1.29, 1.82) is 0 Å². The smallest absolute Gasteiger partial charge is 0.331 e. The summed E-state index contributed by atoms with van der Waals surface area (Å²) in [5, 5.41) is 2.63. The highest BCUT2D eigenvalue weighted by Gasteiger charge is 2.16. The molecule has 6 heteroatoms. The normalized spacial score (nSPS) is 14.6. The fourth-order valence-corrected chi connectivity index (χ4v) is 2.37. The first-order chi connectivity index (χ1) is 9.74. The molecule has 0 spiro atoms. The number of amides is 1. The largest absolute Gasteiger partial charge is 0.369 e. The second-order valence-electron chi connectivity index (χ2n) is 4.76. The van der Waals surface area contributed by atoms with Crippen molar-refractivity contribution in [3.63, 3.8) is 0 Å². The van der Waals surface area contributed by atoms with Crippen molar-refractivity contribution >= 4 is 17.4 Å². The van der Waals surface area contributed by atoms with Gasteiger partial charge in [-0.05, 0) is 31.0 Å². The second kappa shape index (κ2) is 5.32. The van der Waals surface area contributed by atoms with Crippen LogP contribution < -0.4 is 10.2 Å². The maximum Gasteiger partial charge on any atom is 0.331 e. The van der Waals surface area contributed by atoms with Crippen LogP contribution in [0.2, 0.25) is 0 Å². The van der Waals surface area contributed by atoms with Gasteiger partial charge in [0, 0.05) is 31.2 Å². The van der Waals surface area contributed by atoms with E-state index in [2.05, 4.69) is 10.3 Å². The molecule has 20 heavy (non-hydrogen) atoms. The summed E-state index contributed by atoms with van der Waals surface area (Å²) in [7, 11) is 0. The van der Waals surface area contributed by atoms with Crippen LogP contribution in [0.1, 0.15) is 12.8 Å². The van der Waals surface area contributed by atoms with Gasteiger partial charge in [0.2, 0.25) is 0 Å². The number of carbonyl (C=O) groups is 1. The molecule has 0 radical (unpaired) electrons. The fourth-order valence-electron chi connectivity index (χ4n) is 2.37. The third-order valence-electron chi connectivity index (χ3n) is 3.38. The van der Waals surface area contributed by atoms with Gasteiger partial charge in [-0.1, -0.05) is 0 Å². The number of halogens is 1. The average Bonchev–Trinajstić information content (AvgIpc) is 3.12. The van der Waals surface area contributed by atoms with E-state index in [1.165, 1.54) is 29.4 Å². The molecule has 104 valence electrons. The van der Waals surface area contributed by atoms with E-state index in [0.29, 0.717) is 11.4 Å². The van der Waals surface area contributed by atoms with E-state index in [4.69, 9.17) is 0 Å². The molecule has 0 bridgehead atoms. The Morgan fingerprint density at radius 3 is 2.75 bits per heavy atom. The van der Waals surface area contributed by atoms with Crippen LogP contribution in [0.15, 0.2) is 36.9 Å². The highest BCUT2D eigenvalue weighted by atomic mass is 19.1. The molecule has 3 rings (SSSR count). The Morgan fingerprint density at radius 1 is 1.30 bits per heavy atom. The number of nitrogens with zero attached hydrogens (tertiary/aromatic N) is 3. The number of anilines is 2. The minimum Gasteiger partial charge on any atom is -0.369 e. The molecule has 1 saturated heterocycles. The maximum absolute atomic E-state index is 14.1. The van der Waals surface area contributed by atoms with Crippen LogP contribution in [0.25, 0.3) is 0 Å². The van der Waals surface area contributed by atoms with Crippen LogP contribution in [0, 0.1) is 5.82 Å². The molecule has 1 fully saturated rings. The molecule has 0 aliphatic carbocycles. The van der Waals surface area contributed by atoms with Gasteiger partial charge in [0.05, 0.1) is 5.69 Å². The van der Waals surface area contributed by atoms with E-state index in [0.717, 1.165) is 25.9 Å². The Labute approximate surface area is 116 Å². The maximum atomic E-state index is 14.1. The fraction of sp³-hybridized carbons (Fsp3) is 0.286. The van der Waals surface area contributed by atoms with Crippen molar-refractivity contribution in [3.05, 3.63) is 42.7 Å². The van der Waals surface area contributed by atoms with Crippen molar-refractivity contribution in [2.24, 2.45) is 0 Å². The summed E-state index contributed by atoms with van der Waals surface area (Å²) in [6, 6.07) is 4.41. The number of imidazole rings is 1. The van der Waals surface area contributed by atoms with Crippen LogP contribution in [0.4, 0.5) is 20.6 Å². The van der Waals surface area contributed by atoms with Gasteiger partial charge in [0.15, 0.2) is 0 Å². The average molecular weight is 274 g/mol. The van der Waals surface area contributed by atoms with Gasteiger partial charge in [0.25, 0.3) is 0 Å². The highest BCUT2D eigenvalue weighted by Crippen LogP contribution is 2.26. The van der Waals surface area contributed by atoms with Crippen LogP contribution in [-0.4, -0.2) is 28.7 Å². The monoisotopic (exact) mass is 274 g/mol. The van der Waals surface area contributed by atoms with E-state index >= 15 is 0 Å². The number of aromatic nitrogens is 2. The van der Waals surface area contributed by atoms with Crippen molar-refractivity contribution in [1.82, 2.24) is 9.55 Å². The number of hydrogen-bond donors (Lipinski definition) is 1. The van der Waals surface area contributed by atoms with Crippen molar-refractivity contribution < 1.29 is 9.18 Å². The third kappa shape index (κ3) is 2.49. The third-order valence-corrected chi connectivity index (χ3v) is 3.38. The van der Waals surface area contributed by atoms with E-state index < -0.39 is 0 Å². The molecule has 2 heterocycles. The Bertz CT molecular complexity index is 606. The Hall–Kier alpha value is -2.37. The molecule has 0 unspecified atom stereocenters. The molecule has 1 N–H and O–H groups in total. The summed E-state index contributed by atoms with van der Waals surface area (Å²) in [4.78, 5) is 17.6. The number of hydrogen-bond acceptors (Lipinski definition) is 3. The van der Waals surface area contributed by atoms with E-state index in [1.54, 1.807) is 12.1 Å². The van der Waals surface area contributed by atoms with E-state index in [-0.39, 0.29) is 11.8 Å². The van der Waals surface area contributed by atoms with Gasteiger partial charge in [0.1, 0.15) is 12.1 Å². The molecule has 1 aliphatic heterocycles. The molecule has 5 nitrogen and oxygen atoms in total. The molecule has 2 aromatic rings. The number of rotatable bonds is 2. The summed E-state index contributed by atoms with van der Waals surface area (Å²) in [6.45, 7) is 1.77. The number of nitrogens with one attached hydrogen (secondary N) is 1. The van der Waals surface area contributed by atoms with Crippen LogP contribution in [0.5, 0.6) is 0 Å². The summed E-state index contributed by atoms with van der Waals surface area (Å²) >= 11 is 0. The predicted molar refractivity (Wildman–Crippen MR) is 74.5 cm³/mol. The molecule has 1 aromatic heterocycles. The first kappa shape index (κ1) is 12.7. The topological polar surface area (TPSA) is 50.2 Å². The molecule has 0 saturated carbocycles. The first-order valence-corrected chi connectivity index (χ1v) is 6.58. The zero-order chi connectivity index (χ0) is 13.9. The molecule has 1 amide bonds. The molecular formula is C14H15FN4O. The first-order valence-electron chi connectivity index (χ1n) is 6.58. The summed E-state index contributed by atoms with van der Waals surface area (Å²) in [5.74, 6) is -0.310. The van der Waals surface area contributed by atoms with Crippen molar-refractivity contribution in [2.75, 3.05) is 23.3 Å². The van der Waals surface area contributed by atoms with Gasteiger partial charge >= 0.3 is 6.03 Å². The highest BCUT2D eigenvalue weighted by molar-refractivity contribution is 5.91. The Kier molecular flexibility index (Phi) is 3.37. The summed E-state index contributed by atoms with van der Waals surface area (Å²) < 4.78 is 15.4. The lowest BCUT2D eigenvalue weighted by molar-refractivity contribution is 0.253. The SMILES string of the molecule is O=C(Nc1ccc(N2CCCC2)c(F)c1)n1ccnc1. The second-order valence-corrected chi connectivity index (χ2v) is 4.76. The Balaban J connectivity index is 1.75. The summed E-state index contributed by atoms with van der Waals surface area (Å²) in [6.07, 6.45) is 6.63. The van der Waals surface area contributed by atoms with Gasteiger partial charge in [-0.3, -0.25) is 4.57 Å². The molecule has 1 aliphatic rings. The lowest BCUT2D eigenvalue weighted by Gasteiger charge is -2.18. The van der Waals surface area contributed by atoms with E-state index in [1.807, 2.05) is 4.90 Å². The zero-order valence-corrected chi connectivity index (χ0v) is 10.9. The summed E-state index contributed by atoms with van der Waals surface area (Å²) in [5.41, 5.74) is 1.03. The lowest BCUT2D eigenvalue weighted by atomic mass is 10.2. The zero-order valence-electron chi connectivity index (χ0n) is 10.9. The lowest BCUT2D eigenvalue weighted by Crippen LogP contribution is -2.20. The quantitative estimate of drug-likeness (QED) is 0.916. The molecular weight excluding hydrogens is 259 g/mol. The van der Waals surface area contributed by atoms with Crippen LogP contribution in [0.3, 0.4) is 0 Å². The molecule has 1 aromatic carbocycles. The van der Waals surface area contributed by atoms with Gasteiger partial charge in [-0.25, -0.2) is 14.2 Å². The van der Waals surface area contributed by atoms with Crippen molar-refractivity contribution in [3.8, 4) is 0 Å². The van der Waals surface area contributed by atoms with Crippen molar-refractivity contribution in [2.45, 2.75) is 12.8 Å². The Morgan fingerprint density at radius 2 is 2.10 bits per heavy atom. The van der Waals surface area contributed by atoms with Gasteiger partial charge < -0.3 is 10.2 Å².